The Morgan fingerprint density at radius 1 is 0.867 bits per heavy atom. The van der Waals surface area contributed by atoms with Gasteiger partial charge in [-0.15, -0.1) is 0 Å². The number of halogens is 2. The fraction of sp³-hybridized carbons (Fsp3) is 0.0769. The van der Waals surface area contributed by atoms with E-state index in [0.717, 1.165) is 11.1 Å². The lowest BCUT2D eigenvalue weighted by atomic mass is 10.0. The lowest BCUT2D eigenvalue weighted by Crippen LogP contribution is -1.87. The number of rotatable bonds is 2. The Morgan fingerprint density at radius 2 is 1.47 bits per heavy atom. The highest BCUT2D eigenvalue weighted by molar-refractivity contribution is 9.09. The molecule has 1 atom stereocenters. The Bertz CT molecular complexity index is 437. The number of alkyl halides is 2. The number of benzene rings is 2. The van der Waals surface area contributed by atoms with Crippen LogP contribution in [0.4, 0.5) is 4.39 Å². The minimum absolute atomic E-state index is 0.670. The molecule has 0 aromatic heterocycles. The Kier molecular flexibility index (Phi) is 3.17. The summed E-state index contributed by atoms with van der Waals surface area (Å²) in [4.78, 5) is 0. The molecule has 2 aromatic carbocycles. The van der Waals surface area contributed by atoms with E-state index in [1.54, 1.807) is 6.07 Å². The van der Waals surface area contributed by atoms with Gasteiger partial charge in [0, 0.05) is 5.56 Å². The molecule has 0 N–H and O–H groups in total. The third-order valence-electron chi connectivity index (χ3n) is 2.28. The van der Waals surface area contributed by atoms with E-state index in [2.05, 4.69) is 15.9 Å². The van der Waals surface area contributed by atoms with E-state index < -0.39 is 5.08 Å². The van der Waals surface area contributed by atoms with Crippen LogP contribution < -0.4 is 0 Å². The summed E-state index contributed by atoms with van der Waals surface area (Å²) in [6, 6.07) is 17.3. The summed E-state index contributed by atoms with van der Waals surface area (Å²) in [5.41, 5.74) is 2.64. The summed E-state index contributed by atoms with van der Waals surface area (Å²) in [7, 11) is 0. The zero-order chi connectivity index (χ0) is 10.7. The molecular formula is C13H10BrF. The van der Waals surface area contributed by atoms with Crippen LogP contribution in [-0.4, -0.2) is 0 Å². The molecule has 0 aliphatic rings. The molecule has 0 heterocycles. The summed E-state index contributed by atoms with van der Waals surface area (Å²) in [6.07, 6.45) is 0. The van der Waals surface area contributed by atoms with Gasteiger partial charge in [-0.25, -0.2) is 4.39 Å². The summed E-state index contributed by atoms with van der Waals surface area (Å²) in [5, 5.41) is -1.12. The van der Waals surface area contributed by atoms with E-state index in [1.807, 2.05) is 48.5 Å². The highest BCUT2D eigenvalue weighted by Gasteiger charge is 2.10. The van der Waals surface area contributed by atoms with E-state index >= 15 is 0 Å². The van der Waals surface area contributed by atoms with Gasteiger partial charge in [0.15, 0.2) is 5.08 Å². The van der Waals surface area contributed by atoms with E-state index in [4.69, 9.17) is 0 Å². The second-order valence-corrected chi connectivity index (χ2v) is 4.06. The molecule has 2 rings (SSSR count). The highest BCUT2D eigenvalue weighted by atomic mass is 79.9. The molecule has 0 aliphatic heterocycles. The van der Waals surface area contributed by atoms with Gasteiger partial charge in [0.2, 0.25) is 0 Å². The van der Waals surface area contributed by atoms with Crippen molar-refractivity contribution in [1.29, 1.82) is 0 Å². The Balaban J connectivity index is 2.53. The quantitative estimate of drug-likeness (QED) is 0.689. The van der Waals surface area contributed by atoms with Gasteiger partial charge in [-0.3, -0.25) is 0 Å². The largest absolute Gasteiger partial charge is 0.230 e. The highest BCUT2D eigenvalue weighted by Crippen LogP contribution is 2.33. The first kappa shape index (κ1) is 10.4. The van der Waals surface area contributed by atoms with Gasteiger partial charge in [-0.1, -0.05) is 54.6 Å². The number of hydrogen-bond acceptors (Lipinski definition) is 0. The molecule has 0 nitrogen and oxygen atoms in total. The van der Waals surface area contributed by atoms with Crippen molar-refractivity contribution in [3.63, 3.8) is 0 Å². The van der Waals surface area contributed by atoms with Crippen molar-refractivity contribution >= 4 is 15.9 Å². The smallest absolute Gasteiger partial charge is 0.180 e. The minimum atomic E-state index is -1.12. The topological polar surface area (TPSA) is 0 Å². The lowest BCUT2D eigenvalue weighted by Gasteiger charge is -2.09. The van der Waals surface area contributed by atoms with Crippen LogP contribution in [-0.2, 0) is 0 Å². The molecular weight excluding hydrogens is 255 g/mol. The molecule has 15 heavy (non-hydrogen) atoms. The van der Waals surface area contributed by atoms with Crippen LogP contribution in [0.15, 0.2) is 54.6 Å². The molecule has 0 aliphatic carbocycles. The Hall–Kier alpha value is -1.15. The van der Waals surface area contributed by atoms with Gasteiger partial charge in [0.25, 0.3) is 0 Å². The van der Waals surface area contributed by atoms with Gasteiger partial charge in [0.1, 0.15) is 0 Å². The van der Waals surface area contributed by atoms with Crippen LogP contribution in [0.1, 0.15) is 10.6 Å². The summed E-state index contributed by atoms with van der Waals surface area (Å²) in [6.45, 7) is 0. The van der Waals surface area contributed by atoms with E-state index in [0.29, 0.717) is 5.56 Å². The first-order chi connectivity index (χ1) is 7.29. The van der Waals surface area contributed by atoms with Gasteiger partial charge >= 0.3 is 0 Å². The first-order valence-corrected chi connectivity index (χ1v) is 5.63. The molecule has 2 heteroatoms. The zero-order valence-corrected chi connectivity index (χ0v) is 9.62. The standard InChI is InChI=1S/C13H10BrF/c14-13(15)12-9-5-4-8-11(12)10-6-2-1-3-7-10/h1-9,13H. The monoisotopic (exact) mass is 264 g/mol. The van der Waals surface area contributed by atoms with Gasteiger partial charge in [-0.2, -0.15) is 0 Å². The second kappa shape index (κ2) is 4.58. The van der Waals surface area contributed by atoms with E-state index in [1.165, 1.54) is 0 Å². The van der Waals surface area contributed by atoms with Crippen LogP contribution >= 0.6 is 15.9 Å². The molecule has 2 aromatic rings. The van der Waals surface area contributed by atoms with Crippen molar-refractivity contribution in [2.75, 3.05) is 0 Å². The van der Waals surface area contributed by atoms with E-state index in [9.17, 15) is 4.39 Å². The third-order valence-corrected chi connectivity index (χ3v) is 2.77. The SMILES string of the molecule is FC(Br)c1ccccc1-c1ccccc1. The van der Waals surface area contributed by atoms with Crippen molar-refractivity contribution in [2.45, 2.75) is 5.08 Å². The number of hydrogen-bond donors (Lipinski definition) is 0. The fourth-order valence-corrected chi connectivity index (χ4v) is 1.97. The zero-order valence-electron chi connectivity index (χ0n) is 8.03. The first-order valence-electron chi connectivity index (χ1n) is 4.71. The molecule has 0 saturated heterocycles. The molecule has 76 valence electrons. The predicted molar refractivity (Wildman–Crippen MR) is 64.7 cm³/mol. The van der Waals surface area contributed by atoms with Crippen molar-refractivity contribution in [1.82, 2.24) is 0 Å². The third kappa shape index (κ3) is 2.26. The Labute approximate surface area is 96.9 Å². The van der Waals surface area contributed by atoms with Crippen LogP contribution in [0.2, 0.25) is 0 Å². The maximum atomic E-state index is 13.3. The minimum Gasteiger partial charge on any atom is -0.230 e. The predicted octanol–water partition coefficient (Wildman–Crippen LogP) is 4.72. The van der Waals surface area contributed by atoms with Gasteiger partial charge in [-0.05, 0) is 27.1 Å². The molecule has 0 saturated carbocycles. The molecule has 0 bridgehead atoms. The fourth-order valence-electron chi connectivity index (χ4n) is 1.57. The maximum Gasteiger partial charge on any atom is 0.180 e. The van der Waals surface area contributed by atoms with Crippen LogP contribution in [0, 0.1) is 0 Å². The van der Waals surface area contributed by atoms with E-state index in [-0.39, 0.29) is 0 Å². The van der Waals surface area contributed by atoms with Crippen LogP contribution in [0.25, 0.3) is 11.1 Å². The van der Waals surface area contributed by atoms with Crippen LogP contribution in [0.3, 0.4) is 0 Å². The molecule has 0 fully saturated rings. The molecule has 0 spiro atoms. The summed E-state index contributed by atoms with van der Waals surface area (Å²) < 4.78 is 13.3. The van der Waals surface area contributed by atoms with Crippen molar-refractivity contribution in [2.24, 2.45) is 0 Å². The average Bonchev–Trinajstić information content (AvgIpc) is 2.30. The summed E-state index contributed by atoms with van der Waals surface area (Å²) in [5.74, 6) is 0. The van der Waals surface area contributed by atoms with Crippen LogP contribution in [0.5, 0.6) is 0 Å². The van der Waals surface area contributed by atoms with Gasteiger partial charge < -0.3 is 0 Å². The van der Waals surface area contributed by atoms with Gasteiger partial charge in [0.05, 0.1) is 0 Å². The normalized spacial score (nSPS) is 12.4. The molecule has 0 amide bonds. The van der Waals surface area contributed by atoms with Crippen molar-refractivity contribution in [3.05, 3.63) is 60.2 Å². The summed E-state index contributed by atoms with van der Waals surface area (Å²) >= 11 is 2.96. The van der Waals surface area contributed by atoms with Crippen molar-refractivity contribution < 1.29 is 4.39 Å². The lowest BCUT2D eigenvalue weighted by molar-refractivity contribution is 0.480. The second-order valence-electron chi connectivity index (χ2n) is 3.25. The Morgan fingerprint density at radius 3 is 2.13 bits per heavy atom. The maximum absolute atomic E-state index is 13.3. The van der Waals surface area contributed by atoms with Crippen molar-refractivity contribution in [3.8, 4) is 11.1 Å². The molecule has 1 unspecified atom stereocenters. The molecule has 0 radical (unpaired) electrons. The average molecular weight is 265 g/mol.